The molecule has 2 N–H and O–H groups in total. The lowest BCUT2D eigenvalue weighted by Crippen LogP contribution is -2.32. The van der Waals surface area contributed by atoms with E-state index in [4.69, 9.17) is 5.73 Å². The van der Waals surface area contributed by atoms with Gasteiger partial charge in [-0.25, -0.2) is 0 Å². The molecule has 0 aliphatic carbocycles. The van der Waals surface area contributed by atoms with Gasteiger partial charge in [-0.15, -0.1) is 0 Å². The van der Waals surface area contributed by atoms with Crippen LogP contribution in [0.15, 0.2) is 18.2 Å². The lowest BCUT2D eigenvalue weighted by atomic mass is 9.95. The van der Waals surface area contributed by atoms with Gasteiger partial charge in [0.2, 0.25) is 0 Å². The smallest absolute Gasteiger partial charge is 0.0236 e. The van der Waals surface area contributed by atoms with Crippen molar-refractivity contribution < 1.29 is 0 Å². The van der Waals surface area contributed by atoms with Crippen molar-refractivity contribution in [3.63, 3.8) is 0 Å². The Kier molecular flexibility index (Phi) is 3.39. The second-order valence-electron chi connectivity index (χ2n) is 4.38. The first-order valence-corrected chi connectivity index (χ1v) is 5.81. The average Bonchev–Trinajstić information content (AvgIpc) is 2.26. The molecule has 15 heavy (non-hydrogen) atoms. The summed E-state index contributed by atoms with van der Waals surface area (Å²) in [4.78, 5) is 2.51. The molecule has 1 aliphatic rings. The standard InChI is InChI=1S/C13H20N2/c1-11-4-2-5-12-10-15(8-3-7-14)9-6-13(11)12/h2,4-5H,3,6-10,14H2,1H3. The van der Waals surface area contributed by atoms with Crippen LogP contribution in [0.3, 0.4) is 0 Å². The van der Waals surface area contributed by atoms with Crippen LogP contribution in [-0.4, -0.2) is 24.5 Å². The van der Waals surface area contributed by atoms with E-state index < -0.39 is 0 Å². The van der Waals surface area contributed by atoms with E-state index in [1.165, 1.54) is 24.1 Å². The highest BCUT2D eigenvalue weighted by atomic mass is 15.1. The van der Waals surface area contributed by atoms with Crippen LogP contribution in [0.4, 0.5) is 0 Å². The number of hydrogen-bond donors (Lipinski definition) is 1. The zero-order valence-electron chi connectivity index (χ0n) is 9.50. The highest BCUT2D eigenvalue weighted by molar-refractivity contribution is 5.36. The fourth-order valence-corrected chi connectivity index (χ4v) is 2.36. The summed E-state index contributed by atoms with van der Waals surface area (Å²) < 4.78 is 0. The average molecular weight is 204 g/mol. The quantitative estimate of drug-likeness (QED) is 0.812. The van der Waals surface area contributed by atoms with E-state index in [9.17, 15) is 0 Å². The SMILES string of the molecule is Cc1cccc2c1CCN(CCCN)C2. The van der Waals surface area contributed by atoms with Gasteiger partial charge in [0.1, 0.15) is 0 Å². The van der Waals surface area contributed by atoms with Crippen LogP contribution < -0.4 is 5.73 Å². The number of hydrogen-bond acceptors (Lipinski definition) is 2. The predicted octanol–water partition coefficient (Wildman–Crippen LogP) is 1.70. The normalized spacial score (nSPS) is 16.4. The minimum Gasteiger partial charge on any atom is -0.330 e. The lowest BCUT2D eigenvalue weighted by molar-refractivity contribution is 0.252. The van der Waals surface area contributed by atoms with Crippen LogP contribution in [0.5, 0.6) is 0 Å². The second-order valence-corrected chi connectivity index (χ2v) is 4.38. The summed E-state index contributed by atoms with van der Waals surface area (Å²) in [6, 6.07) is 6.64. The molecule has 2 rings (SSSR count). The van der Waals surface area contributed by atoms with Crippen LogP contribution in [0.25, 0.3) is 0 Å². The molecule has 0 amide bonds. The molecule has 0 aromatic heterocycles. The van der Waals surface area contributed by atoms with E-state index in [2.05, 4.69) is 30.0 Å². The molecule has 1 heterocycles. The van der Waals surface area contributed by atoms with Crippen LogP contribution in [0.2, 0.25) is 0 Å². The van der Waals surface area contributed by atoms with Crippen LogP contribution in [-0.2, 0) is 13.0 Å². The van der Waals surface area contributed by atoms with Gasteiger partial charge in [-0.1, -0.05) is 18.2 Å². The van der Waals surface area contributed by atoms with Gasteiger partial charge in [0, 0.05) is 13.1 Å². The van der Waals surface area contributed by atoms with Crippen molar-refractivity contribution in [1.82, 2.24) is 4.90 Å². The van der Waals surface area contributed by atoms with Gasteiger partial charge in [0.25, 0.3) is 0 Å². The third kappa shape index (κ3) is 2.39. The Morgan fingerprint density at radius 1 is 1.40 bits per heavy atom. The van der Waals surface area contributed by atoms with Crippen molar-refractivity contribution in [2.75, 3.05) is 19.6 Å². The number of nitrogens with zero attached hydrogens (tertiary/aromatic N) is 1. The third-order valence-electron chi connectivity index (χ3n) is 3.26. The van der Waals surface area contributed by atoms with Gasteiger partial charge in [0.15, 0.2) is 0 Å². The summed E-state index contributed by atoms with van der Waals surface area (Å²) in [6.45, 7) is 6.46. The summed E-state index contributed by atoms with van der Waals surface area (Å²) >= 11 is 0. The summed E-state index contributed by atoms with van der Waals surface area (Å²) in [6.07, 6.45) is 2.31. The maximum atomic E-state index is 5.54. The maximum Gasteiger partial charge on any atom is 0.0236 e. The molecule has 0 spiro atoms. The molecule has 0 radical (unpaired) electrons. The molecule has 0 atom stereocenters. The van der Waals surface area contributed by atoms with E-state index in [0.29, 0.717) is 0 Å². The monoisotopic (exact) mass is 204 g/mol. The van der Waals surface area contributed by atoms with E-state index >= 15 is 0 Å². The van der Waals surface area contributed by atoms with E-state index in [1.54, 1.807) is 5.56 Å². The molecule has 2 nitrogen and oxygen atoms in total. The first-order valence-electron chi connectivity index (χ1n) is 5.81. The van der Waals surface area contributed by atoms with Crippen molar-refractivity contribution in [2.24, 2.45) is 5.73 Å². The molecule has 1 aromatic rings. The molecular formula is C13H20N2. The highest BCUT2D eigenvalue weighted by Gasteiger charge is 2.16. The van der Waals surface area contributed by atoms with Crippen molar-refractivity contribution in [1.29, 1.82) is 0 Å². The van der Waals surface area contributed by atoms with Crippen LogP contribution in [0, 0.1) is 6.92 Å². The van der Waals surface area contributed by atoms with E-state index in [1.807, 2.05) is 0 Å². The number of aryl methyl sites for hydroxylation is 1. The van der Waals surface area contributed by atoms with Crippen LogP contribution >= 0.6 is 0 Å². The van der Waals surface area contributed by atoms with Crippen LogP contribution in [0.1, 0.15) is 23.1 Å². The van der Waals surface area contributed by atoms with Crippen molar-refractivity contribution in [3.05, 3.63) is 34.9 Å². The highest BCUT2D eigenvalue weighted by Crippen LogP contribution is 2.21. The molecule has 0 bridgehead atoms. The van der Waals surface area contributed by atoms with Gasteiger partial charge in [-0.3, -0.25) is 4.90 Å². The number of rotatable bonds is 3. The third-order valence-corrected chi connectivity index (χ3v) is 3.26. The number of nitrogens with two attached hydrogens (primary N) is 1. The Morgan fingerprint density at radius 2 is 2.27 bits per heavy atom. The molecule has 1 aromatic carbocycles. The first kappa shape index (κ1) is 10.7. The van der Waals surface area contributed by atoms with Crippen molar-refractivity contribution >= 4 is 0 Å². The summed E-state index contributed by atoms with van der Waals surface area (Å²) in [5.74, 6) is 0. The Bertz CT molecular complexity index is 333. The fourth-order valence-electron chi connectivity index (χ4n) is 2.36. The predicted molar refractivity (Wildman–Crippen MR) is 63.8 cm³/mol. The molecule has 0 unspecified atom stereocenters. The Morgan fingerprint density at radius 3 is 3.07 bits per heavy atom. The van der Waals surface area contributed by atoms with Gasteiger partial charge in [-0.05, 0) is 49.5 Å². The van der Waals surface area contributed by atoms with Gasteiger partial charge in [0.05, 0.1) is 0 Å². The molecule has 82 valence electrons. The fraction of sp³-hybridized carbons (Fsp3) is 0.538. The maximum absolute atomic E-state index is 5.54. The summed E-state index contributed by atoms with van der Waals surface area (Å²) in [5, 5.41) is 0. The molecule has 0 saturated heterocycles. The molecular weight excluding hydrogens is 184 g/mol. The van der Waals surface area contributed by atoms with Gasteiger partial charge in [-0.2, -0.15) is 0 Å². The minimum absolute atomic E-state index is 0.803. The van der Waals surface area contributed by atoms with E-state index in [0.717, 1.165) is 26.1 Å². The largest absolute Gasteiger partial charge is 0.330 e. The number of benzene rings is 1. The summed E-state index contributed by atoms with van der Waals surface area (Å²) in [7, 11) is 0. The zero-order chi connectivity index (χ0) is 10.7. The zero-order valence-corrected chi connectivity index (χ0v) is 9.50. The van der Waals surface area contributed by atoms with E-state index in [-0.39, 0.29) is 0 Å². The lowest BCUT2D eigenvalue weighted by Gasteiger charge is -2.29. The second kappa shape index (κ2) is 4.77. The molecule has 0 fully saturated rings. The topological polar surface area (TPSA) is 29.3 Å². The van der Waals surface area contributed by atoms with Crippen molar-refractivity contribution in [3.8, 4) is 0 Å². The van der Waals surface area contributed by atoms with Gasteiger partial charge >= 0.3 is 0 Å². The Balaban J connectivity index is 2.07. The van der Waals surface area contributed by atoms with Gasteiger partial charge < -0.3 is 5.73 Å². The van der Waals surface area contributed by atoms with Crippen molar-refractivity contribution in [2.45, 2.75) is 26.3 Å². The molecule has 1 aliphatic heterocycles. The summed E-state index contributed by atoms with van der Waals surface area (Å²) in [5.41, 5.74) is 10.1. The minimum atomic E-state index is 0.803. The number of fused-ring (bicyclic) bond motifs is 1. The molecule has 2 heteroatoms. The Hall–Kier alpha value is -0.860. The Labute approximate surface area is 92.1 Å². The first-order chi connectivity index (χ1) is 7.31. The molecule has 0 saturated carbocycles.